The van der Waals surface area contributed by atoms with E-state index in [9.17, 15) is 10.0 Å². The van der Waals surface area contributed by atoms with Gasteiger partial charge in [-0.15, -0.1) is 0 Å². The van der Waals surface area contributed by atoms with Gasteiger partial charge in [0.15, 0.2) is 0 Å². The van der Waals surface area contributed by atoms with Gasteiger partial charge in [0.05, 0.1) is 5.56 Å². The zero-order valence-corrected chi connectivity index (χ0v) is 18.1. The molecule has 3 aromatic heterocycles. The van der Waals surface area contributed by atoms with Crippen LogP contribution in [0.3, 0.4) is 0 Å². The van der Waals surface area contributed by atoms with Crippen LogP contribution < -0.4 is 20.7 Å². The highest BCUT2D eigenvalue weighted by molar-refractivity contribution is 6.00. The van der Waals surface area contributed by atoms with Crippen molar-refractivity contribution in [1.29, 1.82) is 0 Å². The van der Waals surface area contributed by atoms with E-state index < -0.39 is 5.54 Å². The third-order valence-electron chi connectivity index (χ3n) is 6.24. The van der Waals surface area contributed by atoms with Crippen LogP contribution >= 0.6 is 0 Å². The molecule has 0 bridgehead atoms. The SMILES string of the molecule is Cc1ccnc(Nc2cc(Nc3cc(C)c4c([n+]3[O-])C3(CCCCC3)NC4=O)ncn2)c1. The molecule has 1 saturated carbocycles. The first kappa shape index (κ1) is 20.2. The lowest BCUT2D eigenvalue weighted by Crippen LogP contribution is -2.49. The topological polar surface area (TPSA) is 119 Å². The Hall–Kier alpha value is -3.75. The minimum atomic E-state index is -0.579. The predicted octanol–water partition coefficient (Wildman–Crippen LogP) is 3.51. The van der Waals surface area contributed by atoms with Gasteiger partial charge in [-0.2, -0.15) is 4.98 Å². The molecule has 0 saturated heterocycles. The third kappa shape index (κ3) is 3.49. The van der Waals surface area contributed by atoms with Crippen molar-refractivity contribution >= 4 is 29.2 Å². The summed E-state index contributed by atoms with van der Waals surface area (Å²) in [5.41, 5.74) is 2.30. The van der Waals surface area contributed by atoms with Gasteiger partial charge in [-0.1, -0.05) is 19.3 Å². The first-order valence-corrected chi connectivity index (χ1v) is 10.8. The first-order chi connectivity index (χ1) is 15.4. The maximum absolute atomic E-state index is 13.4. The molecule has 164 valence electrons. The molecule has 32 heavy (non-hydrogen) atoms. The first-order valence-electron chi connectivity index (χ1n) is 10.8. The molecule has 3 aromatic rings. The maximum atomic E-state index is 13.4. The van der Waals surface area contributed by atoms with Crippen LogP contribution in [0.1, 0.15) is 59.3 Å². The molecule has 1 aliphatic heterocycles. The summed E-state index contributed by atoms with van der Waals surface area (Å²) < 4.78 is 0.864. The summed E-state index contributed by atoms with van der Waals surface area (Å²) in [5.74, 6) is 1.87. The fourth-order valence-electron chi connectivity index (χ4n) is 4.77. The Kier molecular flexibility index (Phi) is 4.88. The monoisotopic (exact) mass is 431 g/mol. The van der Waals surface area contributed by atoms with Crippen LogP contribution in [0.25, 0.3) is 0 Å². The molecular weight excluding hydrogens is 406 g/mol. The maximum Gasteiger partial charge on any atom is 0.284 e. The van der Waals surface area contributed by atoms with E-state index in [0.29, 0.717) is 34.5 Å². The molecule has 9 nitrogen and oxygen atoms in total. The summed E-state index contributed by atoms with van der Waals surface area (Å²) in [6, 6.07) is 7.25. The summed E-state index contributed by atoms with van der Waals surface area (Å²) in [6.07, 6.45) is 7.81. The van der Waals surface area contributed by atoms with Crippen molar-refractivity contribution in [1.82, 2.24) is 20.3 Å². The van der Waals surface area contributed by atoms with Gasteiger partial charge in [0, 0.05) is 18.3 Å². The van der Waals surface area contributed by atoms with Crippen LogP contribution in [0.15, 0.2) is 36.8 Å². The number of hydrogen-bond donors (Lipinski definition) is 3. The number of fused-ring (bicyclic) bond motifs is 2. The fourth-order valence-corrected chi connectivity index (χ4v) is 4.77. The molecule has 1 amide bonds. The number of hydrogen-bond acceptors (Lipinski definition) is 7. The molecule has 1 fully saturated rings. The van der Waals surface area contributed by atoms with E-state index in [2.05, 4.69) is 30.9 Å². The summed E-state index contributed by atoms with van der Waals surface area (Å²) in [7, 11) is 0. The number of rotatable bonds is 4. The van der Waals surface area contributed by atoms with Crippen molar-refractivity contribution in [3.8, 4) is 0 Å². The predicted molar refractivity (Wildman–Crippen MR) is 120 cm³/mol. The van der Waals surface area contributed by atoms with Crippen molar-refractivity contribution in [3.05, 3.63) is 64.4 Å². The molecule has 0 atom stereocenters. The van der Waals surface area contributed by atoms with Crippen LogP contribution in [-0.2, 0) is 5.54 Å². The summed E-state index contributed by atoms with van der Waals surface area (Å²) in [4.78, 5) is 25.5. The Morgan fingerprint density at radius 2 is 1.72 bits per heavy atom. The van der Waals surface area contributed by atoms with E-state index >= 15 is 0 Å². The molecule has 0 unspecified atom stereocenters. The van der Waals surface area contributed by atoms with Gasteiger partial charge in [-0.3, -0.25) is 4.79 Å². The Morgan fingerprint density at radius 1 is 1.00 bits per heavy atom. The van der Waals surface area contributed by atoms with Crippen LogP contribution in [0.5, 0.6) is 0 Å². The second-order valence-corrected chi connectivity index (χ2v) is 8.58. The van der Waals surface area contributed by atoms with Gasteiger partial charge >= 0.3 is 0 Å². The summed E-state index contributed by atoms with van der Waals surface area (Å²) >= 11 is 0. The lowest BCUT2D eigenvalue weighted by atomic mass is 9.79. The number of carbonyl (C=O) groups excluding carboxylic acids is 1. The Morgan fingerprint density at radius 3 is 2.47 bits per heavy atom. The van der Waals surface area contributed by atoms with Crippen LogP contribution in [0.4, 0.5) is 23.3 Å². The van der Waals surface area contributed by atoms with Gasteiger partial charge in [0.1, 0.15) is 29.2 Å². The molecular formula is C23H25N7O2. The number of amides is 1. The van der Waals surface area contributed by atoms with Gasteiger partial charge < -0.3 is 15.8 Å². The minimum Gasteiger partial charge on any atom is -0.710 e. The highest BCUT2D eigenvalue weighted by Crippen LogP contribution is 2.42. The van der Waals surface area contributed by atoms with Gasteiger partial charge in [-0.25, -0.2) is 20.0 Å². The minimum absolute atomic E-state index is 0.158. The molecule has 2 aliphatic rings. The highest BCUT2D eigenvalue weighted by Gasteiger charge is 2.48. The Balaban J connectivity index is 1.47. The second-order valence-electron chi connectivity index (χ2n) is 8.58. The lowest BCUT2D eigenvalue weighted by Gasteiger charge is -2.34. The zero-order chi connectivity index (χ0) is 22.3. The standard InChI is InChI=1S/C23H25N7O2/c1-14-6-9-24-16(10-14)27-17-12-18(26-13-25-17)28-19-11-15(2)20-21(30(19)32)23(29-22(20)31)7-4-3-5-8-23/h6,9-13H,3-5,7-8H2,1-2H3,(H,29,31)(H2,24,25,26,27,28). The number of anilines is 4. The van der Waals surface area contributed by atoms with Crippen molar-refractivity contribution < 1.29 is 9.52 Å². The average Bonchev–Trinajstić information content (AvgIpc) is 3.04. The van der Waals surface area contributed by atoms with E-state index in [4.69, 9.17) is 0 Å². The molecule has 0 aromatic carbocycles. The zero-order valence-electron chi connectivity index (χ0n) is 18.1. The van der Waals surface area contributed by atoms with Gasteiger partial charge in [-0.05, 0) is 49.9 Å². The number of nitrogens with zero attached hydrogens (tertiary/aromatic N) is 4. The summed E-state index contributed by atoms with van der Waals surface area (Å²) in [5, 5.41) is 22.8. The van der Waals surface area contributed by atoms with Gasteiger partial charge in [0.2, 0.25) is 5.82 Å². The molecule has 1 aliphatic carbocycles. The molecule has 9 heteroatoms. The normalized spacial score (nSPS) is 16.5. The number of nitrogens with one attached hydrogen (secondary N) is 3. The molecule has 3 N–H and O–H groups in total. The van der Waals surface area contributed by atoms with Crippen molar-refractivity contribution in [3.63, 3.8) is 0 Å². The van der Waals surface area contributed by atoms with Crippen LogP contribution in [0, 0.1) is 19.1 Å². The molecule has 0 radical (unpaired) electrons. The van der Waals surface area contributed by atoms with E-state index in [0.717, 1.165) is 48.0 Å². The summed E-state index contributed by atoms with van der Waals surface area (Å²) in [6.45, 7) is 3.85. The number of carbonyl (C=O) groups is 1. The van der Waals surface area contributed by atoms with Crippen molar-refractivity contribution in [2.24, 2.45) is 0 Å². The van der Waals surface area contributed by atoms with Crippen LogP contribution in [0.2, 0.25) is 0 Å². The van der Waals surface area contributed by atoms with Gasteiger partial charge in [0.25, 0.3) is 11.7 Å². The van der Waals surface area contributed by atoms with Crippen molar-refractivity contribution in [2.45, 2.75) is 51.5 Å². The second kappa shape index (κ2) is 7.74. The smallest absolute Gasteiger partial charge is 0.284 e. The van der Waals surface area contributed by atoms with E-state index in [-0.39, 0.29) is 5.91 Å². The average molecular weight is 432 g/mol. The van der Waals surface area contributed by atoms with E-state index in [1.54, 1.807) is 18.3 Å². The molecule has 5 rings (SSSR count). The van der Waals surface area contributed by atoms with E-state index in [1.807, 2.05) is 26.0 Å². The van der Waals surface area contributed by atoms with Crippen molar-refractivity contribution in [2.75, 3.05) is 10.6 Å². The van der Waals surface area contributed by atoms with E-state index in [1.165, 1.54) is 6.33 Å². The van der Waals surface area contributed by atoms with Crippen LogP contribution in [-0.4, -0.2) is 20.9 Å². The quantitative estimate of drug-likeness (QED) is 0.427. The molecule has 1 spiro atoms. The molecule has 4 heterocycles. The Bertz CT molecular complexity index is 1200. The largest absolute Gasteiger partial charge is 0.710 e. The number of aryl methyl sites for hydroxylation is 2. The Labute approximate surface area is 185 Å². The number of aromatic nitrogens is 4. The fraction of sp³-hybridized carbons (Fsp3) is 0.348. The number of pyridine rings is 2. The highest BCUT2D eigenvalue weighted by atomic mass is 16.5. The third-order valence-corrected chi connectivity index (χ3v) is 6.24. The lowest BCUT2D eigenvalue weighted by molar-refractivity contribution is -0.603.